The van der Waals surface area contributed by atoms with Crippen LogP contribution in [0.2, 0.25) is 0 Å². The summed E-state index contributed by atoms with van der Waals surface area (Å²) in [6.07, 6.45) is 0.847. The molecule has 5 rings (SSSR count). The Morgan fingerprint density at radius 2 is 2.00 bits per heavy atom. The standard InChI is InChI=1S/C22H21N7O/c1-29-11-10-16-19(29)22(24-12-13-6-3-2-4-7-13)26-21(25-16)18-14-8-5-9-15(20(23)30)17(14)27-28-18/h2-9H,10-12H2,1H3,(H2,23,30)(H,27,28)(H,24,25,26). The summed E-state index contributed by atoms with van der Waals surface area (Å²) in [5.74, 6) is 0.816. The molecule has 0 atom stereocenters. The molecule has 8 heteroatoms. The molecular weight excluding hydrogens is 378 g/mol. The Morgan fingerprint density at radius 1 is 1.17 bits per heavy atom. The Balaban J connectivity index is 1.59. The summed E-state index contributed by atoms with van der Waals surface area (Å²) in [6, 6.07) is 15.5. The zero-order chi connectivity index (χ0) is 20.7. The van der Waals surface area contributed by atoms with E-state index in [9.17, 15) is 4.79 Å². The van der Waals surface area contributed by atoms with E-state index < -0.39 is 5.91 Å². The number of H-pyrrole nitrogens is 1. The Morgan fingerprint density at radius 3 is 2.80 bits per heavy atom. The van der Waals surface area contributed by atoms with E-state index in [0.717, 1.165) is 35.6 Å². The van der Waals surface area contributed by atoms with Gasteiger partial charge in [-0.2, -0.15) is 5.10 Å². The highest BCUT2D eigenvalue weighted by molar-refractivity contribution is 6.07. The molecule has 0 unspecified atom stereocenters. The van der Waals surface area contributed by atoms with Crippen LogP contribution < -0.4 is 16.0 Å². The average Bonchev–Trinajstić information content (AvgIpc) is 3.36. The van der Waals surface area contributed by atoms with Crippen molar-refractivity contribution in [2.75, 3.05) is 23.8 Å². The number of para-hydroxylation sites is 1. The van der Waals surface area contributed by atoms with Crippen LogP contribution in [0.4, 0.5) is 11.5 Å². The maximum absolute atomic E-state index is 11.7. The van der Waals surface area contributed by atoms with Crippen molar-refractivity contribution in [3.8, 4) is 11.5 Å². The predicted octanol–water partition coefficient (Wildman–Crippen LogP) is 2.72. The SMILES string of the molecule is CN1CCc2nc(-c3[nH]nc4c(C(N)=O)cccc34)nc(NCc3ccccc3)c21. The molecule has 8 nitrogen and oxygen atoms in total. The minimum Gasteiger partial charge on any atom is -0.370 e. The van der Waals surface area contributed by atoms with Crippen molar-refractivity contribution in [1.82, 2.24) is 20.2 Å². The van der Waals surface area contributed by atoms with Crippen LogP contribution in [0.5, 0.6) is 0 Å². The lowest BCUT2D eigenvalue weighted by molar-refractivity contribution is 0.100. The third-order valence-corrected chi connectivity index (χ3v) is 5.40. The topological polar surface area (TPSA) is 113 Å². The first-order valence-electron chi connectivity index (χ1n) is 9.79. The lowest BCUT2D eigenvalue weighted by Gasteiger charge is -2.17. The van der Waals surface area contributed by atoms with E-state index in [1.165, 1.54) is 5.56 Å². The maximum Gasteiger partial charge on any atom is 0.250 e. The van der Waals surface area contributed by atoms with Crippen molar-refractivity contribution in [3.05, 3.63) is 65.4 Å². The van der Waals surface area contributed by atoms with Gasteiger partial charge in [0, 0.05) is 31.9 Å². The number of primary amides is 1. The van der Waals surface area contributed by atoms with Crippen LogP contribution in [0.25, 0.3) is 22.4 Å². The number of nitrogens with one attached hydrogen (secondary N) is 2. The molecule has 0 fully saturated rings. The number of hydrogen-bond donors (Lipinski definition) is 3. The minimum atomic E-state index is -0.514. The van der Waals surface area contributed by atoms with Crippen molar-refractivity contribution in [1.29, 1.82) is 0 Å². The first-order chi connectivity index (χ1) is 14.6. The number of aromatic amines is 1. The summed E-state index contributed by atoms with van der Waals surface area (Å²) in [5, 5.41) is 11.6. The van der Waals surface area contributed by atoms with E-state index in [1.807, 2.05) is 31.3 Å². The lowest BCUT2D eigenvalue weighted by Crippen LogP contribution is -2.15. The molecule has 1 aliphatic rings. The van der Waals surface area contributed by atoms with Gasteiger partial charge in [-0.05, 0) is 11.6 Å². The molecule has 2 aromatic carbocycles. The number of anilines is 2. The monoisotopic (exact) mass is 399 g/mol. The summed E-state index contributed by atoms with van der Waals surface area (Å²) < 4.78 is 0. The fourth-order valence-corrected chi connectivity index (χ4v) is 3.89. The average molecular weight is 399 g/mol. The van der Waals surface area contributed by atoms with Gasteiger partial charge in [0.05, 0.1) is 11.3 Å². The van der Waals surface area contributed by atoms with Gasteiger partial charge < -0.3 is 16.0 Å². The molecule has 150 valence electrons. The molecule has 0 aliphatic carbocycles. The van der Waals surface area contributed by atoms with Crippen LogP contribution in [0.15, 0.2) is 48.5 Å². The van der Waals surface area contributed by atoms with E-state index >= 15 is 0 Å². The summed E-state index contributed by atoms with van der Waals surface area (Å²) >= 11 is 0. The number of nitrogens with two attached hydrogens (primary N) is 1. The van der Waals surface area contributed by atoms with E-state index in [2.05, 4.69) is 32.5 Å². The molecule has 4 N–H and O–H groups in total. The zero-order valence-corrected chi connectivity index (χ0v) is 16.5. The van der Waals surface area contributed by atoms with Crippen molar-refractivity contribution in [3.63, 3.8) is 0 Å². The van der Waals surface area contributed by atoms with Crippen molar-refractivity contribution >= 4 is 28.3 Å². The lowest BCUT2D eigenvalue weighted by atomic mass is 10.1. The van der Waals surface area contributed by atoms with Crippen LogP contribution in [0.3, 0.4) is 0 Å². The number of benzene rings is 2. The van der Waals surface area contributed by atoms with Gasteiger partial charge >= 0.3 is 0 Å². The van der Waals surface area contributed by atoms with Crippen molar-refractivity contribution in [2.45, 2.75) is 13.0 Å². The number of likely N-dealkylation sites (N-methyl/N-ethyl adjacent to an activating group) is 1. The summed E-state index contributed by atoms with van der Waals surface area (Å²) in [4.78, 5) is 23.5. The number of carbonyl (C=O) groups is 1. The Bertz CT molecular complexity index is 1250. The number of fused-ring (bicyclic) bond motifs is 2. The Kier molecular flexibility index (Phi) is 4.31. The van der Waals surface area contributed by atoms with Crippen LogP contribution in [0, 0.1) is 0 Å². The number of nitrogens with zero attached hydrogens (tertiary/aromatic N) is 4. The van der Waals surface area contributed by atoms with Crippen LogP contribution >= 0.6 is 0 Å². The molecule has 30 heavy (non-hydrogen) atoms. The zero-order valence-electron chi connectivity index (χ0n) is 16.5. The molecule has 4 aromatic rings. The molecule has 1 aliphatic heterocycles. The van der Waals surface area contributed by atoms with Crippen LogP contribution in [0.1, 0.15) is 21.6 Å². The first kappa shape index (κ1) is 18.1. The van der Waals surface area contributed by atoms with Crippen molar-refractivity contribution < 1.29 is 4.79 Å². The number of carbonyl (C=O) groups excluding carboxylic acids is 1. The van der Waals surface area contributed by atoms with Gasteiger partial charge in [0.1, 0.15) is 16.9 Å². The molecule has 0 radical (unpaired) electrons. The second kappa shape index (κ2) is 7.14. The number of aromatic nitrogens is 4. The molecule has 2 aromatic heterocycles. The van der Waals surface area contributed by atoms with E-state index in [0.29, 0.717) is 29.1 Å². The Labute approximate surface area is 173 Å². The molecule has 0 saturated carbocycles. The highest BCUT2D eigenvalue weighted by Gasteiger charge is 2.25. The predicted molar refractivity (Wildman–Crippen MR) is 116 cm³/mol. The Hall–Kier alpha value is -3.94. The van der Waals surface area contributed by atoms with Gasteiger partial charge in [-0.1, -0.05) is 42.5 Å². The number of amides is 1. The quantitative estimate of drug-likeness (QED) is 0.476. The summed E-state index contributed by atoms with van der Waals surface area (Å²) in [5.41, 5.74) is 10.3. The first-order valence-corrected chi connectivity index (χ1v) is 9.79. The normalized spacial score (nSPS) is 12.9. The highest BCUT2D eigenvalue weighted by atomic mass is 16.1. The van der Waals surface area contributed by atoms with Gasteiger partial charge in [0.2, 0.25) is 0 Å². The van der Waals surface area contributed by atoms with Gasteiger partial charge in [0.25, 0.3) is 5.91 Å². The minimum absolute atomic E-state index is 0.373. The van der Waals surface area contributed by atoms with Crippen LogP contribution in [-0.2, 0) is 13.0 Å². The van der Waals surface area contributed by atoms with Gasteiger partial charge in [0.15, 0.2) is 11.6 Å². The third kappa shape index (κ3) is 3.02. The second-order valence-corrected chi connectivity index (χ2v) is 7.37. The maximum atomic E-state index is 11.7. The van der Waals surface area contributed by atoms with Crippen LogP contribution in [-0.4, -0.2) is 39.7 Å². The smallest absolute Gasteiger partial charge is 0.250 e. The second-order valence-electron chi connectivity index (χ2n) is 7.37. The van der Waals surface area contributed by atoms with Gasteiger partial charge in [-0.25, -0.2) is 9.97 Å². The van der Waals surface area contributed by atoms with Gasteiger partial charge in [-0.15, -0.1) is 0 Å². The van der Waals surface area contributed by atoms with Crippen molar-refractivity contribution in [2.24, 2.45) is 5.73 Å². The molecular formula is C22H21N7O. The van der Waals surface area contributed by atoms with E-state index in [1.54, 1.807) is 12.1 Å². The fourth-order valence-electron chi connectivity index (χ4n) is 3.89. The molecule has 3 heterocycles. The molecule has 1 amide bonds. The molecule has 0 bridgehead atoms. The number of rotatable bonds is 5. The van der Waals surface area contributed by atoms with E-state index in [-0.39, 0.29) is 0 Å². The highest BCUT2D eigenvalue weighted by Crippen LogP contribution is 2.35. The molecule has 0 saturated heterocycles. The fraction of sp³-hybridized carbons (Fsp3) is 0.182. The largest absolute Gasteiger partial charge is 0.370 e. The summed E-state index contributed by atoms with van der Waals surface area (Å²) in [7, 11) is 2.05. The van der Waals surface area contributed by atoms with E-state index in [4.69, 9.17) is 15.7 Å². The summed E-state index contributed by atoms with van der Waals surface area (Å²) in [6.45, 7) is 1.55. The third-order valence-electron chi connectivity index (χ3n) is 5.40. The number of hydrogen-bond acceptors (Lipinski definition) is 6. The molecule has 0 spiro atoms. The van der Waals surface area contributed by atoms with Gasteiger partial charge in [-0.3, -0.25) is 9.89 Å².